The van der Waals surface area contributed by atoms with Gasteiger partial charge in [-0.1, -0.05) is 43.0 Å². The number of hydrogen-bond acceptors (Lipinski definition) is 5. The van der Waals surface area contributed by atoms with E-state index in [0.717, 1.165) is 5.69 Å². The Morgan fingerprint density at radius 3 is 2.30 bits per heavy atom. The summed E-state index contributed by atoms with van der Waals surface area (Å²) in [5.74, 6) is 0.603. The Morgan fingerprint density at radius 1 is 1.03 bits per heavy atom. The maximum atomic E-state index is 13.0. The molecule has 0 radical (unpaired) electrons. The lowest BCUT2D eigenvalue weighted by molar-refractivity contribution is -0.118. The fourth-order valence-electron chi connectivity index (χ4n) is 3.22. The van der Waals surface area contributed by atoms with Crippen LogP contribution in [0.2, 0.25) is 0 Å². The number of carbonyl (C=O) groups excluding carboxylic acids is 2. The van der Waals surface area contributed by atoms with E-state index in [0.29, 0.717) is 42.6 Å². The molecular weight excluding hydrogens is 420 g/mol. The van der Waals surface area contributed by atoms with Crippen molar-refractivity contribution in [1.29, 1.82) is 0 Å². The number of hydrogen-bond donors (Lipinski definition) is 1. The van der Waals surface area contributed by atoms with Crippen molar-refractivity contribution in [2.45, 2.75) is 13.8 Å². The molecule has 0 saturated carbocycles. The number of para-hydroxylation sites is 3. The summed E-state index contributed by atoms with van der Waals surface area (Å²) in [5, 5.41) is 7.17. The molecule has 172 valence electrons. The first kappa shape index (κ1) is 23.6. The van der Waals surface area contributed by atoms with E-state index in [1.807, 2.05) is 50.2 Å². The third kappa shape index (κ3) is 5.79. The first-order valence-electron chi connectivity index (χ1n) is 10.8. The van der Waals surface area contributed by atoms with Gasteiger partial charge in [0.25, 0.3) is 11.8 Å². The molecule has 0 spiro atoms. The van der Waals surface area contributed by atoms with Gasteiger partial charge in [-0.25, -0.2) is 4.68 Å². The first-order chi connectivity index (χ1) is 16.1. The van der Waals surface area contributed by atoms with Gasteiger partial charge in [-0.05, 0) is 38.1 Å². The quantitative estimate of drug-likeness (QED) is 0.449. The summed E-state index contributed by atoms with van der Waals surface area (Å²) >= 11 is 0. The summed E-state index contributed by atoms with van der Waals surface area (Å²) in [4.78, 5) is 27.5. The fourth-order valence-corrected chi connectivity index (χ4v) is 3.22. The minimum atomic E-state index is -0.431. The van der Waals surface area contributed by atoms with Gasteiger partial charge in [0.05, 0.1) is 11.9 Å². The van der Waals surface area contributed by atoms with Crippen molar-refractivity contribution >= 4 is 17.6 Å². The molecular formula is C25H28N4O4. The van der Waals surface area contributed by atoms with Crippen molar-refractivity contribution in [1.82, 2.24) is 14.7 Å². The SMILES string of the molecule is C=CCOc1ccccc1OCC(=O)Nc1c(C(=O)N(CC)CC)cnn1-c1ccccc1. The lowest BCUT2D eigenvalue weighted by Gasteiger charge is -2.19. The van der Waals surface area contributed by atoms with Crippen LogP contribution in [0.15, 0.2) is 73.4 Å². The Balaban J connectivity index is 1.83. The van der Waals surface area contributed by atoms with E-state index < -0.39 is 5.91 Å². The van der Waals surface area contributed by atoms with Crippen LogP contribution in [0, 0.1) is 0 Å². The zero-order chi connectivity index (χ0) is 23.6. The third-order valence-corrected chi connectivity index (χ3v) is 4.87. The number of nitrogens with zero attached hydrogens (tertiary/aromatic N) is 3. The largest absolute Gasteiger partial charge is 0.486 e. The van der Waals surface area contributed by atoms with Crippen LogP contribution >= 0.6 is 0 Å². The summed E-state index contributed by atoms with van der Waals surface area (Å²) in [6.07, 6.45) is 3.10. The van der Waals surface area contributed by atoms with Crippen molar-refractivity contribution in [3.8, 4) is 17.2 Å². The molecule has 2 aromatic carbocycles. The molecule has 0 bridgehead atoms. The zero-order valence-electron chi connectivity index (χ0n) is 18.9. The maximum absolute atomic E-state index is 13.0. The predicted octanol–water partition coefficient (Wildman–Crippen LogP) is 3.94. The summed E-state index contributed by atoms with van der Waals surface area (Å²) in [7, 11) is 0. The average Bonchev–Trinajstić information content (AvgIpc) is 3.26. The predicted molar refractivity (Wildman–Crippen MR) is 127 cm³/mol. The third-order valence-electron chi connectivity index (χ3n) is 4.87. The highest BCUT2D eigenvalue weighted by molar-refractivity contribution is 6.03. The average molecular weight is 449 g/mol. The van der Waals surface area contributed by atoms with E-state index in [1.165, 1.54) is 10.9 Å². The monoisotopic (exact) mass is 448 g/mol. The van der Waals surface area contributed by atoms with Gasteiger partial charge in [0, 0.05) is 13.1 Å². The molecule has 0 aliphatic rings. The number of aromatic nitrogens is 2. The molecule has 8 heteroatoms. The number of rotatable bonds is 11. The summed E-state index contributed by atoms with van der Waals surface area (Å²) < 4.78 is 12.8. The van der Waals surface area contributed by atoms with E-state index in [2.05, 4.69) is 17.0 Å². The molecule has 1 heterocycles. The second kappa shape index (κ2) is 11.5. The fraction of sp³-hybridized carbons (Fsp3) is 0.240. The van der Waals surface area contributed by atoms with Crippen LogP contribution in [0.3, 0.4) is 0 Å². The van der Waals surface area contributed by atoms with Gasteiger partial charge in [-0.15, -0.1) is 0 Å². The lowest BCUT2D eigenvalue weighted by Crippen LogP contribution is -2.31. The topological polar surface area (TPSA) is 85.7 Å². The Hall–Kier alpha value is -4.07. The minimum Gasteiger partial charge on any atom is -0.486 e. The van der Waals surface area contributed by atoms with E-state index in [4.69, 9.17) is 9.47 Å². The van der Waals surface area contributed by atoms with Crippen molar-refractivity contribution in [2.24, 2.45) is 0 Å². The second-order valence-corrected chi connectivity index (χ2v) is 7.01. The summed E-state index contributed by atoms with van der Waals surface area (Å²) in [6, 6.07) is 16.4. The molecule has 2 amide bonds. The van der Waals surface area contributed by atoms with Crippen molar-refractivity contribution < 1.29 is 19.1 Å². The molecule has 3 rings (SSSR count). The number of nitrogens with one attached hydrogen (secondary N) is 1. The van der Waals surface area contributed by atoms with Gasteiger partial charge in [0.1, 0.15) is 18.0 Å². The van der Waals surface area contributed by atoms with E-state index >= 15 is 0 Å². The van der Waals surface area contributed by atoms with Gasteiger partial charge in [0.15, 0.2) is 18.1 Å². The van der Waals surface area contributed by atoms with Gasteiger partial charge in [-0.2, -0.15) is 5.10 Å². The summed E-state index contributed by atoms with van der Waals surface area (Å²) in [6.45, 7) is 8.58. The van der Waals surface area contributed by atoms with Gasteiger partial charge >= 0.3 is 0 Å². The van der Waals surface area contributed by atoms with E-state index in [-0.39, 0.29) is 12.5 Å². The Kier molecular flexibility index (Phi) is 8.24. The highest BCUT2D eigenvalue weighted by Gasteiger charge is 2.23. The zero-order valence-corrected chi connectivity index (χ0v) is 18.9. The molecule has 0 atom stereocenters. The van der Waals surface area contributed by atoms with E-state index in [1.54, 1.807) is 29.2 Å². The van der Waals surface area contributed by atoms with Crippen molar-refractivity contribution in [3.05, 3.63) is 79.0 Å². The second-order valence-electron chi connectivity index (χ2n) is 7.01. The number of anilines is 1. The van der Waals surface area contributed by atoms with Crippen LogP contribution in [0.5, 0.6) is 11.5 Å². The molecule has 0 fully saturated rings. The number of benzene rings is 2. The van der Waals surface area contributed by atoms with Crippen LogP contribution in [-0.2, 0) is 4.79 Å². The Bertz CT molecular complexity index is 1090. The highest BCUT2D eigenvalue weighted by Crippen LogP contribution is 2.27. The number of carbonyl (C=O) groups is 2. The molecule has 0 aliphatic heterocycles. The molecule has 33 heavy (non-hydrogen) atoms. The lowest BCUT2D eigenvalue weighted by atomic mass is 10.2. The summed E-state index contributed by atoms with van der Waals surface area (Å²) in [5.41, 5.74) is 1.03. The molecule has 0 aliphatic carbocycles. The number of amides is 2. The molecule has 0 saturated heterocycles. The number of ether oxygens (including phenoxy) is 2. The van der Waals surface area contributed by atoms with E-state index in [9.17, 15) is 9.59 Å². The van der Waals surface area contributed by atoms with Crippen molar-refractivity contribution in [3.63, 3.8) is 0 Å². The van der Waals surface area contributed by atoms with Crippen LogP contribution in [0.4, 0.5) is 5.82 Å². The normalized spacial score (nSPS) is 10.4. The van der Waals surface area contributed by atoms with Crippen molar-refractivity contribution in [2.75, 3.05) is 31.6 Å². The Labute approximate surface area is 193 Å². The van der Waals surface area contributed by atoms with Crippen LogP contribution in [-0.4, -0.2) is 52.8 Å². The van der Waals surface area contributed by atoms with Crippen LogP contribution < -0.4 is 14.8 Å². The molecule has 3 aromatic rings. The van der Waals surface area contributed by atoms with Gasteiger partial charge in [-0.3, -0.25) is 9.59 Å². The van der Waals surface area contributed by atoms with Gasteiger partial charge < -0.3 is 19.7 Å². The van der Waals surface area contributed by atoms with Gasteiger partial charge in [0.2, 0.25) is 0 Å². The maximum Gasteiger partial charge on any atom is 0.263 e. The highest BCUT2D eigenvalue weighted by atomic mass is 16.5. The molecule has 8 nitrogen and oxygen atoms in total. The Morgan fingerprint density at radius 2 is 1.67 bits per heavy atom. The first-order valence-corrected chi connectivity index (χ1v) is 10.8. The standard InChI is InChI=1S/C25H28N4O4/c1-4-16-32-21-14-10-11-15-22(21)33-18-23(30)27-24-20(25(31)28(5-2)6-3)17-26-29(24)19-12-8-7-9-13-19/h4,7-15,17H,1,5-6,16,18H2,2-3H3,(H,27,30). The minimum absolute atomic E-state index is 0.207. The molecule has 0 unspecified atom stereocenters. The molecule has 1 aromatic heterocycles. The van der Waals surface area contributed by atoms with Crippen LogP contribution in [0.25, 0.3) is 5.69 Å². The van der Waals surface area contributed by atoms with Crippen LogP contribution in [0.1, 0.15) is 24.2 Å². The molecule has 1 N–H and O–H groups in total. The smallest absolute Gasteiger partial charge is 0.263 e.